The molecule has 3 rings (SSSR count). The van der Waals surface area contributed by atoms with E-state index in [-0.39, 0.29) is 0 Å². The summed E-state index contributed by atoms with van der Waals surface area (Å²) < 4.78 is 10.7. The number of benzene rings is 2. The zero-order valence-corrected chi connectivity index (χ0v) is 15.1. The standard InChI is InChI=1S/C21H27NO3/c1-24-20-9-8-19(12-21(20)25-2)18-7-3-5-16(11-18)13-22-10-4-6-17(14-22)15-23/h3,5,7-9,11-12,17,23H,4,6,10,13-15H2,1-2H3. The van der Waals surface area contributed by atoms with Crippen LogP contribution in [-0.2, 0) is 6.54 Å². The number of hydrogen-bond donors (Lipinski definition) is 1. The summed E-state index contributed by atoms with van der Waals surface area (Å²) in [7, 11) is 3.31. The predicted octanol–water partition coefficient (Wildman–Crippen LogP) is 3.58. The molecule has 0 aliphatic carbocycles. The summed E-state index contributed by atoms with van der Waals surface area (Å²) >= 11 is 0. The van der Waals surface area contributed by atoms with E-state index >= 15 is 0 Å². The SMILES string of the molecule is COc1ccc(-c2cccc(CN3CCCC(CO)C3)c2)cc1OC. The molecule has 1 atom stereocenters. The van der Waals surface area contributed by atoms with Gasteiger partial charge in [0.05, 0.1) is 14.2 Å². The van der Waals surface area contributed by atoms with Gasteiger partial charge in [0.25, 0.3) is 0 Å². The first-order valence-corrected chi connectivity index (χ1v) is 8.88. The quantitative estimate of drug-likeness (QED) is 0.872. The topological polar surface area (TPSA) is 41.9 Å². The molecule has 1 aliphatic heterocycles. The molecule has 4 nitrogen and oxygen atoms in total. The van der Waals surface area contributed by atoms with E-state index in [1.54, 1.807) is 14.2 Å². The second kappa shape index (κ2) is 8.37. The van der Waals surface area contributed by atoms with E-state index in [4.69, 9.17) is 9.47 Å². The van der Waals surface area contributed by atoms with Crippen molar-refractivity contribution < 1.29 is 14.6 Å². The van der Waals surface area contributed by atoms with Gasteiger partial charge in [0, 0.05) is 19.7 Å². The lowest BCUT2D eigenvalue weighted by Crippen LogP contribution is -2.36. The zero-order valence-electron chi connectivity index (χ0n) is 15.1. The zero-order chi connectivity index (χ0) is 17.6. The number of likely N-dealkylation sites (tertiary alicyclic amines) is 1. The van der Waals surface area contributed by atoms with Crippen LogP contribution in [0.25, 0.3) is 11.1 Å². The molecule has 134 valence electrons. The largest absolute Gasteiger partial charge is 0.493 e. The second-order valence-electron chi connectivity index (χ2n) is 6.70. The van der Waals surface area contributed by atoms with Gasteiger partial charge in [0.2, 0.25) is 0 Å². The van der Waals surface area contributed by atoms with E-state index in [2.05, 4.69) is 35.2 Å². The Balaban J connectivity index is 1.77. The van der Waals surface area contributed by atoms with Crippen LogP contribution in [-0.4, -0.2) is 43.9 Å². The average Bonchev–Trinajstić information content (AvgIpc) is 2.67. The van der Waals surface area contributed by atoms with Crippen molar-refractivity contribution in [2.45, 2.75) is 19.4 Å². The molecule has 1 heterocycles. The Kier molecular flexibility index (Phi) is 5.95. The molecule has 0 spiro atoms. The van der Waals surface area contributed by atoms with E-state index in [1.165, 1.54) is 17.5 Å². The number of aliphatic hydroxyl groups is 1. The first kappa shape index (κ1) is 17.8. The molecule has 2 aromatic carbocycles. The van der Waals surface area contributed by atoms with Crippen molar-refractivity contribution in [1.82, 2.24) is 4.90 Å². The molecule has 1 N–H and O–H groups in total. The van der Waals surface area contributed by atoms with Crippen LogP contribution in [0.5, 0.6) is 11.5 Å². The summed E-state index contributed by atoms with van der Waals surface area (Å²) in [5.74, 6) is 1.90. The highest BCUT2D eigenvalue weighted by atomic mass is 16.5. The maximum atomic E-state index is 9.41. The fourth-order valence-corrected chi connectivity index (χ4v) is 3.57. The van der Waals surface area contributed by atoms with E-state index < -0.39 is 0 Å². The highest BCUT2D eigenvalue weighted by Crippen LogP contribution is 2.32. The summed E-state index contributed by atoms with van der Waals surface area (Å²) in [6.07, 6.45) is 2.30. The van der Waals surface area contributed by atoms with E-state index in [9.17, 15) is 5.11 Å². The summed E-state index contributed by atoms with van der Waals surface area (Å²) in [5, 5.41) is 9.41. The van der Waals surface area contributed by atoms with Crippen molar-refractivity contribution in [3.8, 4) is 22.6 Å². The Morgan fingerprint density at radius 3 is 2.60 bits per heavy atom. The van der Waals surface area contributed by atoms with Gasteiger partial charge in [-0.15, -0.1) is 0 Å². The summed E-state index contributed by atoms with van der Waals surface area (Å²) in [4.78, 5) is 2.44. The van der Waals surface area contributed by atoms with E-state index in [1.807, 2.05) is 12.1 Å². The minimum Gasteiger partial charge on any atom is -0.493 e. The maximum Gasteiger partial charge on any atom is 0.161 e. The first-order chi connectivity index (χ1) is 12.2. The Morgan fingerprint density at radius 2 is 1.84 bits per heavy atom. The highest BCUT2D eigenvalue weighted by Gasteiger charge is 2.19. The lowest BCUT2D eigenvalue weighted by atomic mass is 9.98. The van der Waals surface area contributed by atoms with Gasteiger partial charge in [-0.2, -0.15) is 0 Å². The van der Waals surface area contributed by atoms with Crippen LogP contribution >= 0.6 is 0 Å². The van der Waals surface area contributed by atoms with Crippen molar-refractivity contribution in [2.75, 3.05) is 33.9 Å². The Morgan fingerprint density at radius 1 is 1.04 bits per heavy atom. The first-order valence-electron chi connectivity index (χ1n) is 8.88. The van der Waals surface area contributed by atoms with Crippen LogP contribution < -0.4 is 9.47 Å². The molecule has 2 aromatic rings. The monoisotopic (exact) mass is 341 g/mol. The van der Waals surface area contributed by atoms with Gasteiger partial charge in [-0.05, 0) is 60.2 Å². The number of hydrogen-bond acceptors (Lipinski definition) is 4. The van der Waals surface area contributed by atoms with Crippen molar-refractivity contribution in [3.05, 3.63) is 48.0 Å². The lowest BCUT2D eigenvalue weighted by Gasteiger charge is -2.31. The number of ether oxygens (including phenoxy) is 2. The van der Waals surface area contributed by atoms with Crippen LogP contribution in [0.3, 0.4) is 0 Å². The van der Waals surface area contributed by atoms with Crippen LogP contribution in [0.1, 0.15) is 18.4 Å². The van der Waals surface area contributed by atoms with Gasteiger partial charge in [0.1, 0.15) is 0 Å². The van der Waals surface area contributed by atoms with Crippen molar-refractivity contribution >= 4 is 0 Å². The summed E-state index contributed by atoms with van der Waals surface area (Å²) in [6.45, 7) is 3.31. The fraction of sp³-hybridized carbons (Fsp3) is 0.429. The predicted molar refractivity (Wildman–Crippen MR) is 100 cm³/mol. The molecule has 0 saturated carbocycles. The second-order valence-corrected chi connectivity index (χ2v) is 6.70. The van der Waals surface area contributed by atoms with Gasteiger partial charge in [-0.1, -0.05) is 24.3 Å². The molecule has 4 heteroatoms. The molecule has 25 heavy (non-hydrogen) atoms. The summed E-state index contributed by atoms with van der Waals surface area (Å²) in [5.41, 5.74) is 3.59. The van der Waals surface area contributed by atoms with Gasteiger partial charge in [0.15, 0.2) is 11.5 Å². The molecule has 0 amide bonds. The minimum atomic E-state index is 0.294. The number of piperidine rings is 1. The minimum absolute atomic E-state index is 0.294. The third kappa shape index (κ3) is 4.33. The third-order valence-corrected chi connectivity index (χ3v) is 4.91. The number of nitrogens with zero attached hydrogens (tertiary/aromatic N) is 1. The van der Waals surface area contributed by atoms with Crippen molar-refractivity contribution in [2.24, 2.45) is 5.92 Å². The molecule has 0 aromatic heterocycles. The van der Waals surface area contributed by atoms with Gasteiger partial charge < -0.3 is 14.6 Å². The lowest BCUT2D eigenvalue weighted by molar-refractivity contribution is 0.116. The molecule has 1 aliphatic rings. The van der Waals surface area contributed by atoms with Crippen molar-refractivity contribution in [1.29, 1.82) is 0 Å². The average molecular weight is 341 g/mol. The number of aliphatic hydroxyl groups excluding tert-OH is 1. The molecular weight excluding hydrogens is 314 g/mol. The number of rotatable bonds is 6. The third-order valence-electron chi connectivity index (χ3n) is 4.91. The Bertz CT molecular complexity index is 701. The molecule has 1 fully saturated rings. The van der Waals surface area contributed by atoms with Crippen LogP contribution in [0.2, 0.25) is 0 Å². The maximum absolute atomic E-state index is 9.41. The van der Waals surface area contributed by atoms with E-state index in [0.717, 1.165) is 43.1 Å². The fourth-order valence-electron chi connectivity index (χ4n) is 3.57. The van der Waals surface area contributed by atoms with Crippen LogP contribution in [0, 0.1) is 5.92 Å². The Hall–Kier alpha value is -2.04. The molecule has 0 bridgehead atoms. The normalized spacial score (nSPS) is 18.1. The van der Waals surface area contributed by atoms with Gasteiger partial charge in [-0.25, -0.2) is 0 Å². The van der Waals surface area contributed by atoms with Gasteiger partial charge >= 0.3 is 0 Å². The smallest absolute Gasteiger partial charge is 0.161 e. The Labute approximate surface area is 150 Å². The molecule has 1 unspecified atom stereocenters. The summed E-state index contributed by atoms with van der Waals surface area (Å²) in [6, 6.07) is 14.7. The number of methoxy groups -OCH3 is 2. The molecule has 1 saturated heterocycles. The van der Waals surface area contributed by atoms with Crippen LogP contribution in [0.15, 0.2) is 42.5 Å². The molecular formula is C21H27NO3. The van der Waals surface area contributed by atoms with E-state index in [0.29, 0.717) is 12.5 Å². The van der Waals surface area contributed by atoms with Crippen LogP contribution in [0.4, 0.5) is 0 Å². The van der Waals surface area contributed by atoms with Crippen molar-refractivity contribution in [3.63, 3.8) is 0 Å². The molecule has 0 radical (unpaired) electrons. The van der Waals surface area contributed by atoms with Gasteiger partial charge in [-0.3, -0.25) is 4.90 Å². The highest BCUT2D eigenvalue weighted by molar-refractivity contribution is 5.67.